The molecule has 0 radical (unpaired) electrons. The first-order valence-electron chi connectivity index (χ1n) is 6.81. The van der Waals surface area contributed by atoms with E-state index in [0.717, 1.165) is 54.2 Å². The van der Waals surface area contributed by atoms with Crippen LogP contribution < -0.4 is 14.8 Å². The first-order chi connectivity index (χ1) is 9.88. The molecule has 2 aromatic rings. The van der Waals surface area contributed by atoms with Crippen molar-refractivity contribution < 1.29 is 14.2 Å². The summed E-state index contributed by atoms with van der Waals surface area (Å²) in [5, 5.41) is 12.7. The van der Waals surface area contributed by atoms with Crippen molar-refractivity contribution in [2.45, 2.75) is 18.9 Å². The molecule has 0 bridgehead atoms. The molecule has 1 aromatic carbocycles. The lowest BCUT2D eigenvalue weighted by molar-refractivity contribution is 0.120. The smallest absolute Gasteiger partial charge is 0.231 e. The Morgan fingerprint density at radius 2 is 2.05 bits per heavy atom. The molecule has 3 heterocycles. The summed E-state index contributed by atoms with van der Waals surface area (Å²) in [6.45, 7) is 1.90. The van der Waals surface area contributed by atoms with Crippen molar-refractivity contribution >= 4 is 16.7 Å². The topological polar surface area (TPSA) is 65.5 Å². The predicted octanol–water partition coefficient (Wildman–Crippen LogP) is 1.95. The van der Waals surface area contributed by atoms with E-state index in [4.69, 9.17) is 14.2 Å². The van der Waals surface area contributed by atoms with Gasteiger partial charge in [-0.1, -0.05) is 0 Å². The molecular weight excluding hydrogens is 258 g/mol. The predicted molar refractivity (Wildman–Crippen MR) is 73.1 cm³/mol. The zero-order valence-electron chi connectivity index (χ0n) is 11.0. The molecule has 104 valence electrons. The molecule has 1 unspecified atom stereocenters. The van der Waals surface area contributed by atoms with Gasteiger partial charge in [0.1, 0.15) is 5.82 Å². The van der Waals surface area contributed by atoms with E-state index in [1.165, 1.54) is 0 Å². The molecule has 6 heteroatoms. The normalized spacial score (nSPS) is 20.5. The first-order valence-corrected chi connectivity index (χ1v) is 6.81. The van der Waals surface area contributed by atoms with Gasteiger partial charge in [-0.05, 0) is 25.0 Å². The van der Waals surface area contributed by atoms with Gasteiger partial charge in [0.25, 0.3) is 0 Å². The fourth-order valence-corrected chi connectivity index (χ4v) is 2.54. The Balaban J connectivity index is 1.56. The Hall–Kier alpha value is -2.08. The molecule has 1 fully saturated rings. The summed E-state index contributed by atoms with van der Waals surface area (Å²) < 4.78 is 16.3. The van der Waals surface area contributed by atoms with Crippen molar-refractivity contribution in [3.63, 3.8) is 0 Å². The minimum Gasteiger partial charge on any atom is -0.454 e. The molecule has 0 saturated carbocycles. The molecule has 0 aliphatic carbocycles. The summed E-state index contributed by atoms with van der Waals surface area (Å²) >= 11 is 0. The quantitative estimate of drug-likeness (QED) is 0.922. The number of benzene rings is 1. The summed E-state index contributed by atoms with van der Waals surface area (Å²) in [6, 6.07) is 5.76. The molecule has 1 aromatic heterocycles. The average Bonchev–Trinajstić information content (AvgIpc) is 3.13. The number of fused-ring (bicyclic) bond motifs is 2. The third kappa shape index (κ3) is 2.12. The van der Waals surface area contributed by atoms with Crippen LogP contribution in [-0.2, 0) is 4.74 Å². The molecule has 0 amide bonds. The van der Waals surface area contributed by atoms with Crippen LogP contribution in [0.4, 0.5) is 5.82 Å². The van der Waals surface area contributed by atoms with Gasteiger partial charge in [-0.3, -0.25) is 0 Å². The average molecular weight is 273 g/mol. The standard InChI is InChI=1S/C14H15N3O3/c1-2-10(18-3-1)7-15-14-5-9-4-12-13(20-8-19-12)6-11(9)16-17-14/h4-6,10H,1-3,7-8H2,(H,15,17). The highest BCUT2D eigenvalue weighted by molar-refractivity contribution is 5.84. The van der Waals surface area contributed by atoms with Crippen molar-refractivity contribution in [3.8, 4) is 11.5 Å². The second-order valence-corrected chi connectivity index (χ2v) is 5.01. The van der Waals surface area contributed by atoms with Crippen LogP contribution in [-0.4, -0.2) is 36.2 Å². The van der Waals surface area contributed by atoms with E-state index in [1.807, 2.05) is 18.2 Å². The number of nitrogens with zero attached hydrogens (tertiary/aromatic N) is 2. The van der Waals surface area contributed by atoms with Gasteiger partial charge in [0, 0.05) is 24.6 Å². The summed E-state index contributed by atoms with van der Waals surface area (Å²) in [4.78, 5) is 0. The van der Waals surface area contributed by atoms with Crippen LogP contribution in [0.15, 0.2) is 18.2 Å². The number of aromatic nitrogens is 2. The zero-order chi connectivity index (χ0) is 13.4. The highest BCUT2D eigenvalue weighted by Crippen LogP contribution is 2.35. The zero-order valence-corrected chi connectivity index (χ0v) is 11.0. The van der Waals surface area contributed by atoms with Crippen LogP contribution in [0.2, 0.25) is 0 Å². The molecule has 1 atom stereocenters. The van der Waals surface area contributed by atoms with Crippen LogP contribution in [0.25, 0.3) is 10.9 Å². The summed E-state index contributed by atoms with van der Waals surface area (Å²) in [6.07, 6.45) is 2.52. The molecule has 0 spiro atoms. The van der Waals surface area contributed by atoms with Crippen molar-refractivity contribution in [3.05, 3.63) is 18.2 Å². The van der Waals surface area contributed by atoms with Gasteiger partial charge < -0.3 is 19.5 Å². The summed E-state index contributed by atoms with van der Waals surface area (Å²) in [5.41, 5.74) is 0.803. The number of hydrogen-bond acceptors (Lipinski definition) is 6. The lowest BCUT2D eigenvalue weighted by atomic mass is 10.2. The monoisotopic (exact) mass is 273 g/mol. The maximum absolute atomic E-state index is 5.58. The number of ether oxygens (including phenoxy) is 3. The highest BCUT2D eigenvalue weighted by Gasteiger charge is 2.17. The minimum absolute atomic E-state index is 0.267. The largest absolute Gasteiger partial charge is 0.454 e. The maximum Gasteiger partial charge on any atom is 0.231 e. The van der Waals surface area contributed by atoms with Crippen LogP contribution in [0.3, 0.4) is 0 Å². The van der Waals surface area contributed by atoms with Crippen molar-refractivity contribution in [1.29, 1.82) is 0 Å². The Bertz CT molecular complexity index is 641. The van der Waals surface area contributed by atoms with Gasteiger partial charge in [0.2, 0.25) is 6.79 Å². The van der Waals surface area contributed by atoms with Crippen LogP contribution in [0, 0.1) is 0 Å². The molecule has 1 N–H and O–H groups in total. The van der Waals surface area contributed by atoms with Gasteiger partial charge in [-0.2, -0.15) is 0 Å². The van der Waals surface area contributed by atoms with E-state index < -0.39 is 0 Å². The van der Waals surface area contributed by atoms with E-state index in [-0.39, 0.29) is 12.9 Å². The Morgan fingerprint density at radius 3 is 2.90 bits per heavy atom. The summed E-state index contributed by atoms with van der Waals surface area (Å²) in [5.74, 6) is 2.24. The second kappa shape index (κ2) is 4.79. The number of anilines is 1. The van der Waals surface area contributed by atoms with Crippen LogP contribution >= 0.6 is 0 Å². The molecule has 2 aliphatic heterocycles. The molecule has 4 rings (SSSR count). The van der Waals surface area contributed by atoms with E-state index in [2.05, 4.69) is 15.5 Å². The maximum atomic E-state index is 5.58. The fourth-order valence-electron chi connectivity index (χ4n) is 2.54. The molecule has 1 saturated heterocycles. The van der Waals surface area contributed by atoms with E-state index in [9.17, 15) is 0 Å². The Labute approximate surface area is 116 Å². The molecule has 2 aliphatic rings. The minimum atomic E-state index is 0.267. The third-order valence-corrected chi connectivity index (χ3v) is 3.61. The first kappa shape index (κ1) is 11.7. The third-order valence-electron chi connectivity index (χ3n) is 3.61. The van der Waals surface area contributed by atoms with Gasteiger partial charge in [0.05, 0.1) is 11.6 Å². The SMILES string of the molecule is c1c(NCC2CCCO2)nnc2cc3c(cc12)OCO3. The number of rotatable bonds is 3. The van der Waals surface area contributed by atoms with Crippen LogP contribution in [0.1, 0.15) is 12.8 Å². The lowest BCUT2D eigenvalue weighted by Crippen LogP contribution is -2.19. The molecular formula is C14H15N3O3. The van der Waals surface area contributed by atoms with Crippen molar-refractivity contribution in [2.24, 2.45) is 0 Å². The van der Waals surface area contributed by atoms with E-state index in [0.29, 0.717) is 0 Å². The van der Waals surface area contributed by atoms with E-state index in [1.54, 1.807) is 0 Å². The fraction of sp³-hybridized carbons (Fsp3) is 0.429. The molecule has 6 nitrogen and oxygen atoms in total. The van der Waals surface area contributed by atoms with Gasteiger partial charge in [0.15, 0.2) is 11.5 Å². The van der Waals surface area contributed by atoms with Crippen molar-refractivity contribution in [1.82, 2.24) is 10.2 Å². The van der Waals surface area contributed by atoms with E-state index >= 15 is 0 Å². The molecule has 20 heavy (non-hydrogen) atoms. The number of nitrogens with one attached hydrogen (secondary N) is 1. The Kier molecular flexibility index (Phi) is 2.81. The van der Waals surface area contributed by atoms with Crippen LogP contribution in [0.5, 0.6) is 11.5 Å². The van der Waals surface area contributed by atoms with Crippen molar-refractivity contribution in [2.75, 3.05) is 25.3 Å². The second-order valence-electron chi connectivity index (χ2n) is 5.01. The van der Waals surface area contributed by atoms with Gasteiger partial charge in [-0.15, -0.1) is 10.2 Å². The Morgan fingerprint density at radius 1 is 1.15 bits per heavy atom. The highest BCUT2D eigenvalue weighted by atomic mass is 16.7. The lowest BCUT2D eigenvalue weighted by Gasteiger charge is -2.11. The number of hydrogen-bond donors (Lipinski definition) is 1. The van der Waals surface area contributed by atoms with Gasteiger partial charge in [-0.25, -0.2) is 0 Å². The van der Waals surface area contributed by atoms with Gasteiger partial charge >= 0.3 is 0 Å². The summed E-state index contributed by atoms with van der Waals surface area (Å²) in [7, 11) is 0.